The monoisotopic (exact) mass is 248 g/mol. The summed E-state index contributed by atoms with van der Waals surface area (Å²) in [5, 5.41) is 0. The standard InChI is InChI=1S/C18H32/c1-3-5-7-8-10-12-18-15-13-17(14-16-18)11-9-6-4-2/h9-12,17-18H,3-8,13-16H2,1-2H3. The van der Waals surface area contributed by atoms with Gasteiger partial charge < -0.3 is 0 Å². The summed E-state index contributed by atoms with van der Waals surface area (Å²) in [6, 6.07) is 0. The van der Waals surface area contributed by atoms with Gasteiger partial charge in [0, 0.05) is 0 Å². The van der Waals surface area contributed by atoms with Gasteiger partial charge in [0.15, 0.2) is 0 Å². The summed E-state index contributed by atoms with van der Waals surface area (Å²) in [4.78, 5) is 0. The van der Waals surface area contributed by atoms with E-state index in [9.17, 15) is 0 Å². The largest absolute Gasteiger partial charge is 0.0883 e. The van der Waals surface area contributed by atoms with E-state index in [0.29, 0.717) is 0 Å². The molecule has 0 aromatic heterocycles. The topological polar surface area (TPSA) is 0 Å². The maximum absolute atomic E-state index is 2.50. The van der Waals surface area contributed by atoms with Gasteiger partial charge >= 0.3 is 0 Å². The third kappa shape index (κ3) is 7.03. The molecule has 0 heterocycles. The number of unbranched alkanes of at least 4 members (excludes halogenated alkanes) is 4. The van der Waals surface area contributed by atoms with E-state index in [1.165, 1.54) is 64.2 Å². The number of hydrogen-bond donors (Lipinski definition) is 0. The molecule has 1 aliphatic rings. The van der Waals surface area contributed by atoms with Crippen LogP contribution in [0.15, 0.2) is 24.3 Å². The molecule has 0 bridgehead atoms. The Balaban J connectivity index is 2.11. The molecule has 0 aromatic carbocycles. The molecule has 0 atom stereocenters. The Morgan fingerprint density at radius 2 is 1.28 bits per heavy atom. The highest BCUT2D eigenvalue weighted by Crippen LogP contribution is 2.30. The van der Waals surface area contributed by atoms with Gasteiger partial charge in [0.2, 0.25) is 0 Å². The van der Waals surface area contributed by atoms with E-state index in [4.69, 9.17) is 0 Å². The smallest absolute Gasteiger partial charge is 0.0233 e. The Morgan fingerprint density at radius 3 is 1.78 bits per heavy atom. The first kappa shape index (κ1) is 15.5. The van der Waals surface area contributed by atoms with Gasteiger partial charge in [0.25, 0.3) is 0 Å². The Morgan fingerprint density at radius 1 is 0.722 bits per heavy atom. The SMILES string of the molecule is CCCC=CC1CCC(C=CCCCCC)CC1. The maximum Gasteiger partial charge on any atom is -0.0233 e. The van der Waals surface area contributed by atoms with Crippen LogP contribution in [0.1, 0.15) is 78.1 Å². The zero-order valence-corrected chi connectivity index (χ0v) is 12.5. The van der Waals surface area contributed by atoms with E-state index >= 15 is 0 Å². The lowest BCUT2D eigenvalue weighted by Crippen LogP contribution is -2.11. The minimum Gasteiger partial charge on any atom is -0.0883 e. The minimum absolute atomic E-state index is 0.876. The lowest BCUT2D eigenvalue weighted by Gasteiger charge is -2.24. The Hall–Kier alpha value is -0.520. The predicted octanol–water partition coefficient (Wildman–Crippen LogP) is 6.29. The summed E-state index contributed by atoms with van der Waals surface area (Å²) >= 11 is 0. The molecular weight excluding hydrogens is 216 g/mol. The fourth-order valence-corrected chi connectivity index (χ4v) is 2.79. The zero-order chi connectivity index (χ0) is 13.1. The van der Waals surface area contributed by atoms with Crippen molar-refractivity contribution in [2.75, 3.05) is 0 Å². The van der Waals surface area contributed by atoms with Gasteiger partial charge in [-0.25, -0.2) is 0 Å². The third-order valence-corrected chi connectivity index (χ3v) is 4.06. The van der Waals surface area contributed by atoms with Crippen molar-refractivity contribution in [3.05, 3.63) is 24.3 Å². The molecule has 104 valence electrons. The van der Waals surface area contributed by atoms with Crippen LogP contribution in [-0.4, -0.2) is 0 Å². The number of hydrogen-bond acceptors (Lipinski definition) is 0. The summed E-state index contributed by atoms with van der Waals surface area (Å²) in [7, 11) is 0. The second-order valence-electron chi connectivity index (χ2n) is 5.82. The first-order valence-electron chi connectivity index (χ1n) is 8.20. The molecule has 0 amide bonds. The van der Waals surface area contributed by atoms with Crippen LogP contribution in [0.4, 0.5) is 0 Å². The van der Waals surface area contributed by atoms with Crippen LogP contribution >= 0.6 is 0 Å². The van der Waals surface area contributed by atoms with E-state index in [1.807, 2.05) is 0 Å². The van der Waals surface area contributed by atoms with Crippen LogP contribution < -0.4 is 0 Å². The summed E-state index contributed by atoms with van der Waals surface area (Å²) in [6.07, 6.45) is 23.4. The first-order valence-corrected chi connectivity index (χ1v) is 8.20. The fourth-order valence-electron chi connectivity index (χ4n) is 2.79. The molecule has 0 radical (unpaired) electrons. The van der Waals surface area contributed by atoms with Crippen LogP contribution in [0.3, 0.4) is 0 Å². The maximum atomic E-state index is 2.50. The first-order chi connectivity index (χ1) is 8.86. The molecule has 0 heteroatoms. The van der Waals surface area contributed by atoms with Crippen LogP contribution in [0.25, 0.3) is 0 Å². The number of allylic oxidation sites excluding steroid dienone is 4. The third-order valence-electron chi connectivity index (χ3n) is 4.06. The average Bonchev–Trinajstić information content (AvgIpc) is 2.40. The van der Waals surface area contributed by atoms with Gasteiger partial charge in [-0.1, -0.05) is 57.4 Å². The van der Waals surface area contributed by atoms with Gasteiger partial charge in [0.05, 0.1) is 0 Å². The Bertz CT molecular complexity index is 228. The van der Waals surface area contributed by atoms with E-state index in [-0.39, 0.29) is 0 Å². The van der Waals surface area contributed by atoms with Crippen LogP contribution in [0.2, 0.25) is 0 Å². The highest BCUT2D eigenvalue weighted by molar-refractivity contribution is 4.96. The van der Waals surface area contributed by atoms with E-state index in [2.05, 4.69) is 38.2 Å². The molecule has 1 rings (SSSR count). The fraction of sp³-hybridized carbons (Fsp3) is 0.778. The van der Waals surface area contributed by atoms with E-state index in [0.717, 1.165) is 11.8 Å². The predicted molar refractivity (Wildman–Crippen MR) is 82.8 cm³/mol. The highest BCUT2D eigenvalue weighted by atomic mass is 14.2. The van der Waals surface area contributed by atoms with Gasteiger partial charge in [-0.05, 0) is 56.8 Å². The van der Waals surface area contributed by atoms with Crippen LogP contribution in [0.5, 0.6) is 0 Å². The molecule has 0 aromatic rings. The van der Waals surface area contributed by atoms with Gasteiger partial charge in [0.1, 0.15) is 0 Å². The lowest BCUT2D eigenvalue weighted by atomic mass is 9.81. The molecular formula is C18H32. The molecule has 18 heavy (non-hydrogen) atoms. The van der Waals surface area contributed by atoms with Crippen molar-refractivity contribution in [2.24, 2.45) is 11.8 Å². The van der Waals surface area contributed by atoms with Crippen molar-refractivity contribution in [3.63, 3.8) is 0 Å². The van der Waals surface area contributed by atoms with Crippen molar-refractivity contribution in [3.8, 4) is 0 Å². The van der Waals surface area contributed by atoms with Crippen molar-refractivity contribution < 1.29 is 0 Å². The normalized spacial score (nSPS) is 25.2. The van der Waals surface area contributed by atoms with Gasteiger partial charge in [-0.15, -0.1) is 0 Å². The minimum atomic E-state index is 0.876. The molecule has 1 saturated carbocycles. The Kier molecular flexibility index (Phi) is 8.98. The number of rotatable bonds is 8. The summed E-state index contributed by atoms with van der Waals surface area (Å²) < 4.78 is 0. The molecule has 0 spiro atoms. The molecule has 0 aliphatic heterocycles. The van der Waals surface area contributed by atoms with Gasteiger partial charge in [-0.2, -0.15) is 0 Å². The summed E-state index contributed by atoms with van der Waals surface area (Å²) in [5.74, 6) is 1.75. The van der Waals surface area contributed by atoms with Crippen LogP contribution in [0, 0.1) is 11.8 Å². The zero-order valence-electron chi connectivity index (χ0n) is 12.5. The average molecular weight is 248 g/mol. The highest BCUT2D eigenvalue weighted by Gasteiger charge is 2.16. The van der Waals surface area contributed by atoms with Gasteiger partial charge in [-0.3, -0.25) is 0 Å². The van der Waals surface area contributed by atoms with Crippen molar-refractivity contribution in [1.29, 1.82) is 0 Å². The molecule has 1 fully saturated rings. The summed E-state index contributed by atoms with van der Waals surface area (Å²) in [6.45, 7) is 4.53. The van der Waals surface area contributed by atoms with E-state index in [1.54, 1.807) is 0 Å². The molecule has 0 unspecified atom stereocenters. The van der Waals surface area contributed by atoms with Crippen molar-refractivity contribution in [2.45, 2.75) is 78.1 Å². The molecule has 1 aliphatic carbocycles. The molecule has 0 N–H and O–H groups in total. The Labute approximate surface area is 115 Å². The molecule has 0 nitrogen and oxygen atoms in total. The second-order valence-corrected chi connectivity index (χ2v) is 5.82. The van der Waals surface area contributed by atoms with E-state index < -0.39 is 0 Å². The quantitative estimate of drug-likeness (QED) is 0.350. The van der Waals surface area contributed by atoms with Crippen molar-refractivity contribution in [1.82, 2.24) is 0 Å². The summed E-state index contributed by atoms with van der Waals surface area (Å²) in [5.41, 5.74) is 0. The van der Waals surface area contributed by atoms with Crippen LogP contribution in [-0.2, 0) is 0 Å². The van der Waals surface area contributed by atoms with Crippen molar-refractivity contribution >= 4 is 0 Å². The molecule has 0 saturated heterocycles. The lowest BCUT2D eigenvalue weighted by molar-refractivity contribution is 0.355. The second kappa shape index (κ2) is 10.4.